The fraction of sp³-hybridized carbons (Fsp3) is 0.650. The van der Waals surface area contributed by atoms with Gasteiger partial charge in [-0.05, 0) is 12.8 Å². The maximum absolute atomic E-state index is 13.8. The highest BCUT2D eigenvalue weighted by Crippen LogP contribution is 2.45. The molecule has 0 saturated carbocycles. The molecule has 7 N–H and O–H groups in total. The molecule has 3 aliphatic rings. The number of nitrogens with one attached hydrogen (secondary N) is 4. The minimum Gasteiger partial charge on any atom is -0.481 e. The number of carboxylic acids is 1. The van der Waals surface area contributed by atoms with Crippen molar-refractivity contribution in [3.63, 3.8) is 0 Å². The average Bonchev–Trinajstić information content (AvgIpc) is 3.43. The number of rotatable bonds is 9. The number of fused-ring (bicyclic) bond motifs is 1. The van der Waals surface area contributed by atoms with Crippen LogP contribution in [-0.4, -0.2) is 90.2 Å². The molecule has 0 bridgehead atoms. The number of aromatic amines is 1. The standard InChI is InChI=1S/C20H27N5O9S/c26-7-10-14(30)13(16(34-10)25-6-4-11(27)22-19(25)33)23-17(31)20(5-2-1-3-12(28)29)15-9(8-35-20)21-18(32)24-15/h4,6,9-10,13-16,26,30H,1-3,5,7-8H2,(H,23,31)(H,28,29)(H2,21,24,32)(H,22,27,33)/t9-,10+,13+,14+,15-,16+,20-/m0/s1. The quantitative estimate of drug-likeness (QED) is 0.136. The Morgan fingerprint density at radius 1 is 1.26 bits per heavy atom. The second kappa shape index (κ2) is 10.0. The highest BCUT2D eigenvalue weighted by molar-refractivity contribution is 8.01. The summed E-state index contributed by atoms with van der Waals surface area (Å²) >= 11 is 1.32. The van der Waals surface area contributed by atoms with E-state index in [1.165, 1.54) is 18.0 Å². The summed E-state index contributed by atoms with van der Waals surface area (Å²) in [6.45, 7) is -0.581. The molecular formula is C20H27N5O9S. The predicted molar refractivity (Wildman–Crippen MR) is 121 cm³/mol. The molecule has 14 nitrogen and oxygen atoms in total. The Morgan fingerprint density at radius 3 is 2.71 bits per heavy atom. The van der Waals surface area contributed by atoms with Crippen molar-refractivity contribution in [2.75, 3.05) is 12.4 Å². The van der Waals surface area contributed by atoms with E-state index in [0.717, 1.165) is 10.6 Å². The van der Waals surface area contributed by atoms with Crippen molar-refractivity contribution in [1.82, 2.24) is 25.5 Å². The zero-order valence-electron chi connectivity index (χ0n) is 18.5. The molecule has 35 heavy (non-hydrogen) atoms. The number of unbranched alkanes of at least 4 members (excludes halogenated alkanes) is 1. The first-order valence-electron chi connectivity index (χ1n) is 11.2. The number of nitrogens with zero attached hydrogens (tertiary/aromatic N) is 1. The highest BCUT2D eigenvalue weighted by atomic mass is 32.2. The first kappa shape index (κ1) is 25.2. The van der Waals surface area contributed by atoms with Crippen molar-refractivity contribution < 1.29 is 34.4 Å². The fourth-order valence-corrected chi connectivity index (χ4v) is 6.48. The van der Waals surface area contributed by atoms with Crippen LogP contribution < -0.4 is 27.2 Å². The van der Waals surface area contributed by atoms with Crippen LogP contribution in [0.2, 0.25) is 0 Å². The normalized spacial score (nSPS) is 33.7. The van der Waals surface area contributed by atoms with Crippen LogP contribution in [0.25, 0.3) is 0 Å². The van der Waals surface area contributed by atoms with E-state index in [-0.39, 0.29) is 18.9 Å². The van der Waals surface area contributed by atoms with E-state index in [1.807, 2.05) is 0 Å². The minimum atomic E-state index is -1.38. The largest absolute Gasteiger partial charge is 0.481 e. The van der Waals surface area contributed by atoms with Crippen molar-refractivity contribution in [2.45, 2.75) is 67.0 Å². The van der Waals surface area contributed by atoms with Crippen molar-refractivity contribution in [3.05, 3.63) is 33.1 Å². The molecule has 0 unspecified atom stereocenters. The van der Waals surface area contributed by atoms with Crippen LogP contribution in [0.1, 0.15) is 31.9 Å². The lowest BCUT2D eigenvalue weighted by Gasteiger charge is -2.34. The van der Waals surface area contributed by atoms with Crippen molar-refractivity contribution in [1.29, 1.82) is 0 Å². The molecule has 3 amide bonds. The maximum Gasteiger partial charge on any atom is 0.330 e. The summed E-state index contributed by atoms with van der Waals surface area (Å²) < 4.78 is 5.48. The summed E-state index contributed by atoms with van der Waals surface area (Å²) in [6, 6.07) is -1.38. The monoisotopic (exact) mass is 513 g/mol. The van der Waals surface area contributed by atoms with Gasteiger partial charge < -0.3 is 36.0 Å². The number of urea groups is 1. The number of H-pyrrole nitrogens is 1. The number of carbonyl (C=O) groups is 3. The molecule has 0 aliphatic carbocycles. The van der Waals surface area contributed by atoms with Gasteiger partial charge in [0.1, 0.15) is 23.0 Å². The molecule has 0 radical (unpaired) electrons. The third kappa shape index (κ3) is 4.80. The molecule has 3 aliphatic heterocycles. The molecule has 7 atom stereocenters. The number of aromatic nitrogens is 2. The van der Waals surface area contributed by atoms with Gasteiger partial charge in [0.15, 0.2) is 6.23 Å². The summed E-state index contributed by atoms with van der Waals surface area (Å²) in [5.41, 5.74) is -1.46. The summed E-state index contributed by atoms with van der Waals surface area (Å²) in [5.74, 6) is -1.03. The minimum absolute atomic E-state index is 0.0639. The van der Waals surface area contributed by atoms with Gasteiger partial charge in [0.05, 0.1) is 18.7 Å². The Morgan fingerprint density at radius 2 is 2.03 bits per heavy atom. The van der Waals surface area contributed by atoms with Crippen LogP contribution in [0, 0.1) is 0 Å². The molecule has 3 fully saturated rings. The van der Waals surface area contributed by atoms with E-state index < -0.39 is 71.0 Å². The number of aliphatic carboxylic acids is 1. The summed E-state index contributed by atoms with van der Waals surface area (Å²) in [4.78, 5) is 62.6. The molecule has 4 rings (SSSR count). The van der Waals surface area contributed by atoms with E-state index in [2.05, 4.69) is 20.9 Å². The second-order valence-corrected chi connectivity index (χ2v) is 10.1. The number of thioether (sulfide) groups is 1. The molecule has 192 valence electrons. The zero-order chi connectivity index (χ0) is 25.3. The van der Waals surface area contributed by atoms with Crippen LogP contribution in [0.3, 0.4) is 0 Å². The van der Waals surface area contributed by atoms with E-state index in [0.29, 0.717) is 18.6 Å². The average molecular weight is 514 g/mol. The molecule has 1 aromatic rings. The number of carboxylic acid groups (broad SMARTS) is 1. The molecule has 0 aromatic carbocycles. The van der Waals surface area contributed by atoms with Gasteiger partial charge in [-0.3, -0.25) is 23.9 Å². The number of carbonyl (C=O) groups excluding carboxylic acids is 2. The molecule has 1 aromatic heterocycles. The first-order valence-corrected chi connectivity index (χ1v) is 12.1. The number of hydrogen-bond donors (Lipinski definition) is 7. The molecular weight excluding hydrogens is 486 g/mol. The van der Waals surface area contributed by atoms with E-state index in [1.54, 1.807) is 0 Å². The topological polar surface area (TPSA) is 212 Å². The van der Waals surface area contributed by atoms with Crippen molar-refractivity contribution in [3.8, 4) is 0 Å². The Bertz CT molecular complexity index is 1110. The lowest BCUT2D eigenvalue weighted by atomic mass is 9.88. The van der Waals surface area contributed by atoms with Crippen LogP contribution >= 0.6 is 11.8 Å². The van der Waals surface area contributed by atoms with Gasteiger partial charge in [-0.1, -0.05) is 6.42 Å². The second-order valence-electron chi connectivity index (χ2n) is 8.76. The SMILES string of the molecule is O=C(O)CCCC[C@]1(C(=O)N[C@@H]2[C@H](O)[C@@H](CO)O[C@H]2n2ccc(=O)[nH]c2=O)SC[C@@H]2NC(=O)N[C@@H]21. The number of aliphatic hydroxyl groups excluding tert-OH is 2. The Balaban J connectivity index is 1.61. The van der Waals surface area contributed by atoms with Gasteiger partial charge in [0.25, 0.3) is 5.56 Å². The number of aliphatic hydroxyl groups is 2. The van der Waals surface area contributed by atoms with E-state index in [4.69, 9.17) is 9.84 Å². The molecule has 3 saturated heterocycles. The first-order chi connectivity index (χ1) is 16.7. The summed E-state index contributed by atoms with van der Waals surface area (Å²) in [6.07, 6.45) is -1.61. The van der Waals surface area contributed by atoms with Crippen molar-refractivity contribution in [2.24, 2.45) is 0 Å². The fourth-order valence-electron chi connectivity index (χ4n) is 4.85. The van der Waals surface area contributed by atoms with E-state index in [9.17, 15) is 34.2 Å². The smallest absolute Gasteiger partial charge is 0.330 e. The summed E-state index contributed by atoms with van der Waals surface area (Å²) in [5, 5.41) is 37.6. The molecule has 15 heteroatoms. The van der Waals surface area contributed by atoms with Crippen molar-refractivity contribution >= 4 is 29.7 Å². The van der Waals surface area contributed by atoms with E-state index >= 15 is 0 Å². The Kier molecular flexibility index (Phi) is 7.21. The van der Waals surface area contributed by atoms with Gasteiger partial charge in [0.2, 0.25) is 5.91 Å². The Hall–Kier alpha value is -2.88. The maximum atomic E-state index is 13.8. The number of hydrogen-bond acceptors (Lipinski definition) is 9. The van der Waals surface area contributed by atoms with Gasteiger partial charge in [-0.2, -0.15) is 0 Å². The summed E-state index contributed by atoms with van der Waals surface area (Å²) in [7, 11) is 0. The van der Waals surface area contributed by atoms with Gasteiger partial charge in [-0.15, -0.1) is 11.8 Å². The van der Waals surface area contributed by atoms with Gasteiger partial charge >= 0.3 is 17.7 Å². The number of amides is 3. The third-order valence-electron chi connectivity index (χ3n) is 6.57. The van der Waals surface area contributed by atoms with Crippen LogP contribution in [0.4, 0.5) is 4.79 Å². The third-order valence-corrected chi connectivity index (χ3v) is 8.26. The predicted octanol–water partition coefficient (Wildman–Crippen LogP) is -2.55. The molecule has 0 spiro atoms. The Labute approximate surface area is 202 Å². The van der Waals surface area contributed by atoms with Crippen LogP contribution in [0.5, 0.6) is 0 Å². The highest BCUT2D eigenvalue weighted by Gasteiger charge is 2.59. The van der Waals surface area contributed by atoms with Gasteiger partial charge in [0, 0.05) is 24.4 Å². The lowest BCUT2D eigenvalue weighted by Crippen LogP contribution is -2.60. The van der Waals surface area contributed by atoms with Gasteiger partial charge in [-0.25, -0.2) is 9.59 Å². The lowest BCUT2D eigenvalue weighted by molar-refractivity contribution is -0.137. The number of ether oxygens (including phenoxy) is 1. The van der Waals surface area contributed by atoms with Crippen LogP contribution in [-0.2, 0) is 14.3 Å². The zero-order valence-corrected chi connectivity index (χ0v) is 19.3. The van der Waals surface area contributed by atoms with Crippen LogP contribution in [0.15, 0.2) is 21.9 Å². The molecule has 4 heterocycles.